The van der Waals surface area contributed by atoms with Gasteiger partial charge < -0.3 is 15.2 Å². The summed E-state index contributed by atoms with van der Waals surface area (Å²) in [7, 11) is 1.38. The Morgan fingerprint density at radius 2 is 1.90 bits per heavy atom. The SMILES string of the molecule is COC1CC(=O)C23C(=O)NC(CC(C)C)C2C(C)C(C)=CC3/C=C(\C)CCC(O)C1=O. The topological polar surface area (TPSA) is 92.7 Å². The van der Waals surface area contributed by atoms with Gasteiger partial charge in [-0.15, -0.1) is 0 Å². The van der Waals surface area contributed by atoms with Gasteiger partial charge in [-0.05, 0) is 44.9 Å². The highest BCUT2D eigenvalue weighted by Crippen LogP contribution is 2.55. The number of Topliss-reactive ketones (excluding diaryl/α,β-unsaturated/α-hetero) is 2. The average molecular weight is 432 g/mol. The number of hydrogen-bond acceptors (Lipinski definition) is 5. The molecule has 7 atom stereocenters. The second kappa shape index (κ2) is 8.99. The molecule has 172 valence electrons. The molecule has 3 rings (SSSR count). The maximum atomic E-state index is 14.0. The third-order valence-electron chi connectivity index (χ3n) is 7.64. The van der Waals surface area contributed by atoms with Gasteiger partial charge in [0.1, 0.15) is 17.6 Å². The quantitative estimate of drug-likeness (QED) is 0.529. The lowest BCUT2D eigenvalue weighted by Crippen LogP contribution is -2.53. The smallest absolute Gasteiger partial charge is 0.235 e. The highest BCUT2D eigenvalue weighted by atomic mass is 16.5. The van der Waals surface area contributed by atoms with Crippen LogP contribution in [0.1, 0.15) is 60.3 Å². The van der Waals surface area contributed by atoms with Crippen molar-refractivity contribution >= 4 is 17.5 Å². The van der Waals surface area contributed by atoms with Crippen molar-refractivity contribution in [2.75, 3.05) is 7.11 Å². The number of carbonyl (C=O) groups is 3. The molecule has 7 unspecified atom stereocenters. The second-order valence-electron chi connectivity index (χ2n) is 10.2. The van der Waals surface area contributed by atoms with Crippen LogP contribution >= 0.6 is 0 Å². The summed E-state index contributed by atoms with van der Waals surface area (Å²) < 4.78 is 5.35. The molecule has 0 bridgehead atoms. The van der Waals surface area contributed by atoms with E-state index in [0.29, 0.717) is 12.3 Å². The molecular weight excluding hydrogens is 394 g/mol. The number of rotatable bonds is 3. The lowest BCUT2D eigenvalue weighted by molar-refractivity contribution is -0.150. The molecule has 1 fully saturated rings. The van der Waals surface area contributed by atoms with Gasteiger partial charge in [0.25, 0.3) is 0 Å². The van der Waals surface area contributed by atoms with E-state index < -0.39 is 23.4 Å². The van der Waals surface area contributed by atoms with Gasteiger partial charge in [-0.2, -0.15) is 0 Å². The van der Waals surface area contributed by atoms with Crippen molar-refractivity contribution < 1.29 is 24.2 Å². The van der Waals surface area contributed by atoms with Crippen LogP contribution < -0.4 is 5.32 Å². The number of aliphatic hydroxyl groups is 1. The van der Waals surface area contributed by atoms with Crippen LogP contribution in [0.25, 0.3) is 0 Å². The molecule has 6 heteroatoms. The van der Waals surface area contributed by atoms with Crippen LogP contribution in [0.15, 0.2) is 23.3 Å². The van der Waals surface area contributed by atoms with Gasteiger partial charge in [-0.3, -0.25) is 14.4 Å². The standard InChI is InChI=1S/C25H37NO5/c1-13(2)9-18-22-16(5)15(4)11-17-10-14(3)7-8-19(27)23(29)20(31-6)12-21(28)25(17,22)24(30)26-18/h10-11,13,16-20,22,27H,7-9,12H2,1-6H3,(H,26,30)/b14-10+. The number of hydrogen-bond donors (Lipinski definition) is 2. The zero-order valence-electron chi connectivity index (χ0n) is 19.6. The largest absolute Gasteiger partial charge is 0.385 e. The molecule has 1 saturated heterocycles. The van der Waals surface area contributed by atoms with Gasteiger partial charge in [-0.1, -0.05) is 44.1 Å². The Kier molecular flexibility index (Phi) is 6.92. The predicted molar refractivity (Wildman–Crippen MR) is 118 cm³/mol. The van der Waals surface area contributed by atoms with E-state index in [0.717, 1.165) is 12.0 Å². The molecule has 0 aromatic heterocycles. The second-order valence-corrected chi connectivity index (χ2v) is 10.2. The Balaban J connectivity index is 2.20. The van der Waals surface area contributed by atoms with Crippen molar-refractivity contribution in [3.05, 3.63) is 23.3 Å². The minimum absolute atomic E-state index is 0.0593. The molecule has 6 nitrogen and oxygen atoms in total. The molecule has 0 radical (unpaired) electrons. The third kappa shape index (κ3) is 4.05. The summed E-state index contributed by atoms with van der Waals surface area (Å²) >= 11 is 0. The fourth-order valence-corrected chi connectivity index (χ4v) is 5.95. The first kappa shape index (κ1) is 23.9. The molecule has 1 spiro atoms. The van der Waals surface area contributed by atoms with E-state index in [1.165, 1.54) is 12.7 Å². The number of methoxy groups -OCH3 is 1. The maximum Gasteiger partial charge on any atom is 0.235 e. The minimum Gasteiger partial charge on any atom is -0.385 e. The highest BCUT2D eigenvalue weighted by molar-refractivity contribution is 6.10. The van der Waals surface area contributed by atoms with Crippen molar-refractivity contribution in [1.82, 2.24) is 5.32 Å². The summed E-state index contributed by atoms with van der Waals surface area (Å²) in [5.74, 6) is -1.11. The van der Waals surface area contributed by atoms with Gasteiger partial charge in [0, 0.05) is 31.4 Å². The normalized spacial score (nSPS) is 41.0. The molecule has 31 heavy (non-hydrogen) atoms. The van der Waals surface area contributed by atoms with E-state index in [4.69, 9.17) is 4.74 Å². The summed E-state index contributed by atoms with van der Waals surface area (Å²) in [6, 6.07) is -0.0984. The van der Waals surface area contributed by atoms with Gasteiger partial charge >= 0.3 is 0 Å². The summed E-state index contributed by atoms with van der Waals surface area (Å²) in [5, 5.41) is 13.5. The van der Waals surface area contributed by atoms with E-state index in [-0.39, 0.29) is 48.3 Å². The number of ketones is 2. The fraction of sp³-hybridized carbons (Fsp3) is 0.720. The third-order valence-corrected chi connectivity index (χ3v) is 7.64. The van der Waals surface area contributed by atoms with Crippen molar-refractivity contribution in [1.29, 1.82) is 0 Å². The first-order chi connectivity index (χ1) is 14.5. The Labute approximate surface area is 185 Å². The molecule has 0 aromatic rings. The summed E-state index contributed by atoms with van der Waals surface area (Å²) in [4.78, 5) is 40.4. The lowest BCUT2D eigenvalue weighted by Gasteiger charge is -2.45. The monoisotopic (exact) mass is 431 g/mol. The Morgan fingerprint density at radius 3 is 2.52 bits per heavy atom. The van der Waals surface area contributed by atoms with Gasteiger partial charge in [0.15, 0.2) is 11.6 Å². The zero-order valence-corrected chi connectivity index (χ0v) is 19.6. The van der Waals surface area contributed by atoms with E-state index in [1.807, 2.05) is 13.0 Å². The van der Waals surface area contributed by atoms with Gasteiger partial charge in [-0.25, -0.2) is 0 Å². The number of ether oxygens (including phenoxy) is 1. The van der Waals surface area contributed by atoms with Crippen LogP contribution in [0.4, 0.5) is 0 Å². The van der Waals surface area contributed by atoms with Gasteiger partial charge in [0.05, 0.1) is 0 Å². The number of allylic oxidation sites excluding steroid dienone is 4. The summed E-state index contributed by atoms with van der Waals surface area (Å²) in [6.07, 6.45) is 3.25. The molecule has 2 N–H and O–H groups in total. The van der Waals surface area contributed by atoms with Crippen molar-refractivity contribution in [3.8, 4) is 0 Å². The van der Waals surface area contributed by atoms with Crippen molar-refractivity contribution in [3.63, 3.8) is 0 Å². The van der Waals surface area contributed by atoms with E-state index in [1.54, 1.807) is 0 Å². The maximum absolute atomic E-state index is 14.0. The van der Waals surface area contributed by atoms with Crippen LogP contribution in [0.3, 0.4) is 0 Å². The fourth-order valence-electron chi connectivity index (χ4n) is 5.95. The molecule has 0 saturated carbocycles. The van der Waals surface area contributed by atoms with E-state index >= 15 is 0 Å². The van der Waals surface area contributed by atoms with E-state index in [2.05, 4.69) is 39.1 Å². The highest BCUT2D eigenvalue weighted by Gasteiger charge is 2.65. The number of amides is 1. The lowest BCUT2D eigenvalue weighted by atomic mass is 9.54. The summed E-state index contributed by atoms with van der Waals surface area (Å²) in [6.45, 7) is 10.4. The van der Waals surface area contributed by atoms with Crippen molar-refractivity contribution in [2.24, 2.45) is 29.1 Å². The molecule has 1 aliphatic heterocycles. The van der Waals surface area contributed by atoms with E-state index in [9.17, 15) is 19.5 Å². The average Bonchev–Trinajstić information content (AvgIpc) is 2.98. The molecule has 1 heterocycles. The van der Waals surface area contributed by atoms with Crippen LogP contribution in [0.5, 0.6) is 0 Å². The molecule has 0 aromatic carbocycles. The first-order valence-corrected chi connectivity index (χ1v) is 11.5. The predicted octanol–water partition coefficient (Wildman–Crippen LogP) is 2.99. The zero-order chi connectivity index (χ0) is 23.1. The van der Waals surface area contributed by atoms with Crippen molar-refractivity contribution in [2.45, 2.75) is 78.6 Å². The number of aliphatic hydroxyl groups excluding tert-OH is 1. The molecule has 2 aliphatic carbocycles. The van der Waals surface area contributed by atoms with Crippen LogP contribution in [-0.4, -0.2) is 47.9 Å². The molecule has 1 amide bonds. The summed E-state index contributed by atoms with van der Waals surface area (Å²) in [5.41, 5.74) is 0.894. The molecule has 3 aliphatic rings. The van der Waals surface area contributed by atoms with Crippen LogP contribution in [0.2, 0.25) is 0 Å². The number of carbonyl (C=O) groups excluding carboxylic acids is 3. The molecular formula is C25H37NO5. The Hall–Kier alpha value is -1.79. The van der Waals surface area contributed by atoms with Crippen LogP contribution in [-0.2, 0) is 19.1 Å². The Morgan fingerprint density at radius 1 is 1.23 bits per heavy atom. The van der Waals surface area contributed by atoms with Gasteiger partial charge in [0.2, 0.25) is 5.91 Å². The Bertz CT molecular complexity index is 813. The number of nitrogens with one attached hydrogen (secondary N) is 1. The van der Waals surface area contributed by atoms with Crippen LogP contribution in [0, 0.1) is 29.1 Å². The first-order valence-electron chi connectivity index (χ1n) is 11.5. The minimum atomic E-state index is -1.26.